The molecular weight excluding hydrogens is 351 g/mol. The van der Waals surface area contributed by atoms with Crippen LogP contribution in [0.15, 0.2) is 51.7 Å². The van der Waals surface area contributed by atoms with E-state index < -0.39 is 5.82 Å². The maximum Gasteiger partial charge on any atom is 0.261 e. The first-order valence-corrected chi connectivity index (χ1v) is 7.38. The zero-order valence-corrected chi connectivity index (χ0v) is 13.3. The van der Waals surface area contributed by atoms with Crippen molar-refractivity contribution in [1.29, 1.82) is 0 Å². The number of aromatic nitrogens is 2. The highest BCUT2D eigenvalue weighted by molar-refractivity contribution is 9.10. The van der Waals surface area contributed by atoms with Crippen LogP contribution in [0.2, 0.25) is 0 Å². The lowest BCUT2D eigenvalue weighted by atomic mass is 10.2. The fourth-order valence-electron chi connectivity index (χ4n) is 2.13. The van der Waals surface area contributed by atoms with Crippen LogP contribution in [0.5, 0.6) is 5.75 Å². The summed E-state index contributed by atoms with van der Waals surface area (Å²) in [5, 5.41) is 0.545. The predicted molar refractivity (Wildman–Crippen MR) is 85.4 cm³/mol. The van der Waals surface area contributed by atoms with Crippen LogP contribution in [-0.2, 0) is 13.7 Å². The Hall–Kier alpha value is -2.21. The van der Waals surface area contributed by atoms with E-state index in [2.05, 4.69) is 20.9 Å². The Morgan fingerprint density at radius 2 is 2.05 bits per heavy atom. The molecule has 0 bridgehead atoms. The Morgan fingerprint density at radius 1 is 1.27 bits per heavy atom. The summed E-state index contributed by atoms with van der Waals surface area (Å²) in [6.45, 7) is 0.00905. The molecular formula is C16H12BrFN2O2. The largest absolute Gasteiger partial charge is 0.483 e. The van der Waals surface area contributed by atoms with Gasteiger partial charge in [-0.2, -0.15) is 0 Å². The number of hydrogen-bond acceptors (Lipinski definition) is 3. The summed E-state index contributed by atoms with van der Waals surface area (Å²) in [5.74, 6) is 0.0804. The van der Waals surface area contributed by atoms with Crippen LogP contribution >= 0.6 is 15.9 Å². The van der Waals surface area contributed by atoms with Gasteiger partial charge in [-0.15, -0.1) is 0 Å². The topological polar surface area (TPSA) is 44.1 Å². The van der Waals surface area contributed by atoms with Gasteiger partial charge in [-0.3, -0.25) is 9.36 Å². The summed E-state index contributed by atoms with van der Waals surface area (Å²) in [5.41, 5.74) is 0.445. The molecule has 3 aromatic rings. The molecule has 0 unspecified atom stereocenters. The summed E-state index contributed by atoms with van der Waals surface area (Å²) >= 11 is 3.19. The quantitative estimate of drug-likeness (QED) is 0.716. The van der Waals surface area contributed by atoms with Gasteiger partial charge in [0.15, 0.2) is 11.6 Å². The average molecular weight is 363 g/mol. The minimum Gasteiger partial charge on any atom is -0.483 e. The smallest absolute Gasteiger partial charge is 0.261 e. The molecule has 0 aliphatic heterocycles. The summed E-state index contributed by atoms with van der Waals surface area (Å²) in [4.78, 5) is 16.7. The highest BCUT2D eigenvalue weighted by atomic mass is 79.9. The fraction of sp³-hybridized carbons (Fsp3) is 0.125. The van der Waals surface area contributed by atoms with Gasteiger partial charge < -0.3 is 4.74 Å². The Balaban J connectivity index is 1.94. The van der Waals surface area contributed by atoms with Crippen LogP contribution < -0.4 is 10.3 Å². The molecule has 2 aromatic carbocycles. The first kappa shape index (κ1) is 14.7. The Morgan fingerprint density at radius 3 is 2.82 bits per heavy atom. The Bertz CT molecular complexity index is 908. The second-order valence-electron chi connectivity index (χ2n) is 4.77. The van der Waals surface area contributed by atoms with Crippen LogP contribution in [0, 0.1) is 5.82 Å². The maximum atomic E-state index is 13.7. The lowest BCUT2D eigenvalue weighted by Gasteiger charge is -2.11. The SMILES string of the molecule is Cn1c(COc2ccc(Br)cc2F)nc2ccccc2c1=O. The van der Waals surface area contributed by atoms with Crippen molar-refractivity contribution in [2.24, 2.45) is 7.05 Å². The number of rotatable bonds is 3. The molecule has 22 heavy (non-hydrogen) atoms. The van der Waals surface area contributed by atoms with Gasteiger partial charge in [-0.25, -0.2) is 9.37 Å². The minimum absolute atomic E-state index is 0.00905. The first-order chi connectivity index (χ1) is 10.6. The van der Waals surface area contributed by atoms with E-state index in [0.29, 0.717) is 21.2 Å². The second kappa shape index (κ2) is 5.88. The maximum absolute atomic E-state index is 13.7. The van der Waals surface area contributed by atoms with Crippen molar-refractivity contribution in [2.75, 3.05) is 0 Å². The van der Waals surface area contributed by atoms with Crippen molar-refractivity contribution < 1.29 is 9.13 Å². The molecule has 0 amide bonds. The van der Waals surface area contributed by atoms with Gasteiger partial charge >= 0.3 is 0 Å². The predicted octanol–water partition coefficient (Wildman–Crippen LogP) is 3.41. The summed E-state index contributed by atoms with van der Waals surface area (Å²) in [6, 6.07) is 11.6. The third-order valence-electron chi connectivity index (χ3n) is 3.33. The fourth-order valence-corrected chi connectivity index (χ4v) is 2.46. The normalized spacial score (nSPS) is 10.9. The number of ether oxygens (including phenoxy) is 1. The second-order valence-corrected chi connectivity index (χ2v) is 5.69. The van der Waals surface area contributed by atoms with Gasteiger partial charge in [0.25, 0.3) is 5.56 Å². The van der Waals surface area contributed by atoms with E-state index in [1.165, 1.54) is 16.7 Å². The van der Waals surface area contributed by atoms with Gasteiger partial charge in [0.1, 0.15) is 12.4 Å². The molecule has 0 aliphatic rings. The minimum atomic E-state index is -0.472. The van der Waals surface area contributed by atoms with E-state index in [9.17, 15) is 9.18 Å². The first-order valence-electron chi connectivity index (χ1n) is 6.59. The van der Waals surface area contributed by atoms with Gasteiger partial charge in [0, 0.05) is 11.5 Å². The van der Waals surface area contributed by atoms with E-state index in [1.54, 1.807) is 31.3 Å². The molecule has 6 heteroatoms. The number of fused-ring (bicyclic) bond motifs is 1. The van der Waals surface area contributed by atoms with E-state index in [1.807, 2.05) is 6.07 Å². The lowest BCUT2D eigenvalue weighted by Crippen LogP contribution is -2.23. The molecule has 0 N–H and O–H groups in total. The van der Waals surface area contributed by atoms with Gasteiger partial charge in [-0.1, -0.05) is 28.1 Å². The number of para-hydroxylation sites is 1. The monoisotopic (exact) mass is 362 g/mol. The zero-order valence-electron chi connectivity index (χ0n) is 11.7. The van der Waals surface area contributed by atoms with Crippen molar-refractivity contribution in [2.45, 2.75) is 6.61 Å². The highest BCUT2D eigenvalue weighted by Gasteiger charge is 2.10. The molecule has 0 spiro atoms. The van der Waals surface area contributed by atoms with Crippen molar-refractivity contribution >= 4 is 26.8 Å². The van der Waals surface area contributed by atoms with E-state index in [4.69, 9.17) is 4.74 Å². The zero-order chi connectivity index (χ0) is 15.7. The number of nitrogens with zero attached hydrogens (tertiary/aromatic N) is 2. The van der Waals surface area contributed by atoms with Crippen LogP contribution in [0.3, 0.4) is 0 Å². The molecule has 0 saturated heterocycles. The van der Waals surface area contributed by atoms with E-state index in [-0.39, 0.29) is 17.9 Å². The molecule has 0 saturated carbocycles. The van der Waals surface area contributed by atoms with Gasteiger partial charge in [0.05, 0.1) is 10.9 Å². The highest BCUT2D eigenvalue weighted by Crippen LogP contribution is 2.22. The number of halogens is 2. The molecule has 1 heterocycles. The Labute approximate surface area is 134 Å². The molecule has 0 aliphatic carbocycles. The van der Waals surface area contributed by atoms with Crippen LogP contribution in [-0.4, -0.2) is 9.55 Å². The molecule has 0 atom stereocenters. The standard InChI is InChI=1S/C16H12BrFN2O2/c1-20-15(9-22-14-7-6-10(17)8-12(14)18)19-13-5-3-2-4-11(13)16(20)21/h2-8H,9H2,1H3. The molecule has 0 fully saturated rings. The molecule has 112 valence electrons. The molecule has 1 aromatic heterocycles. The van der Waals surface area contributed by atoms with Crippen molar-refractivity contribution in [3.63, 3.8) is 0 Å². The summed E-state index contributed by atoms with van der Waals surface area (Å²) in [7, 11) is 1.62. The Kier molecular flexibility index (Phi) is 3.94. The van der Waals surface area contributed by atoms with Crippen LogP contribution in [0.25, 0.3) is 10.9 Å². The van der Waals surface area contributed by atoms with Crippen LogP contribution in [0.1, 0.15) is 5.82 Å². The molecule has 0 radical (unpaired) electrons. The molecule has 3 rings (SSSR count). The van der Waals surface area contributed by atoms with Gasteiger partial charge in [0.2, 0.25) is 0 Å². The van der Waals surface area contributed by atoms with Gasteiger partial charge in [-0.05, 0) is 30.3 Å². The van der Waals surface area contributed by atoms with Crippen molar-refractivity contribution in [1.82, 2.24) is 9.55 Å². The third-order valence-corrected chi connectivity index (χ3v) is 3.82. The van der Waals surface area contributed by atoms with Crippen molar-refractivity contribution in [3.8, 4) is 5.75 Å². The summed E-state index contributed by atoms with van der Waals surface area (Å²) in [6.07, 6.45) is 0. The molecule has 4 nitrogen and oxygen atoms in total. The third kappa shape index (κ3) is 2.74. The van der Waals surface area contributed by atoms with Crippen molar-refractivity contribution in [3.05, 3.63) is 68.9 Å². The number of benzene rings is 2. The van der Waals surface area contributed by atoms with E-state index >= 15 is 0 Å². The lowest BCUT2D eigenvalue weighted by molar-refractivity contribution is 0.275. The van der Waals surface area contributed by atoms with E-state index in [0.717, 1.165) is 0 Å². The van der Waals surface area contributed by atoms with Crippen LogP contribution in [0.4, 0.5) is 4.39 Å². The number of hydrogen-bond donors (Lipinski definition) is 0. The average Bonchev–Trinajstić information content (AvgIpc) is 2.51. The summed E-state index contributed by atoms with van der Waals surface area (Å²) < 4.78 is 21.2.